The summed E-state index contributed by atoms with van der Waals surface area (Å²) in [5.41, 5.74) is 0.0781. The maximum Gasteiger partial charge on any atom is 0.228 e. The maximum atomic E-state index is 11.2. The van der Waals surface area contributed by atoms with Crippen molar-refractivity contribution in [1.82, 2.24) is 4.90 Å². The first-order chi connectivity index (χ1) is 4.14. The zero-order chi connectivity index (χ0) is 6.65. The zero-order valence-corrected chi connectivity index (χ0v) is 5.85. The molecule has 2 aliphatic rings. The molecule has 0 aromatic heterocycles. The van der Waals surface area contributed by atoms with Crippen molar-refractivity contribution in [3.63, 3.8) is 0 Å². The van der Waals surface area contributed by atoms with Gasteiger partial charge >= 0.3 is 0 Å². The second-order valence-electron chi connectivity index (χ2n) is 3.50. The molecule has 0 spiro atoms. The number of rotatable bonds is 0. The molecule has 2 fully saturated rings. The Kier molecular flexibility index (Phi) is 0.675. The average Bonchev–Trinajstić information content (AvgIpc) is 2.36. The fourth-order valence-corrected chi connectivity index (χ4v) is 1.83. The predicted molar refractivity (Wildman–Crippen MR) is 33.9 cm³/mol. The minimum Gasteiger partial charge on any atom is -0.345 e. The van der Waals surface area contributed by atoms with Crippen LogP contribution in [0, 0.1) is 11.3 Å². The molecule has 50 valence electrons. The highest BCUT2D eigenvalue weighted by Gasteiger charge is 2.62. The summed E-state index contributed by atoms with van der Waals surface area (Å²) in [6.45, 7) is 3.07. The van der Waals surface area contributed by atoms with Gasteiger partial charge in [0.15, 0.2) is 0 Å². The highest BCUT2D eigenvalue weighted by atomic mass is 16.2. The van der Waals surface area contributed by atoms with Gasteiger partial charge in [-0.15, -0.1) is 0 Å². The number of amides is 1. The molecule has 1 aliphatic heterocycles. The average molecular weight is 125 g/mol. The Bertz CT molecular complexity index is 178. The van der Waals surface area contributed by atoms with Gasteiger partial charge in [-0.05, 0) is 12.3 Å². The Labute approximate surface area is 54.8 Å². The van der Waals surface area contributed by atoms with Gasteiger partial charge in [0.1, 0.15) is 0 Å². The Morgan fingerprint density at radius 1 is 1.78 bits per heavy atom. The topological polar surface area (TPSA) is 20.3 Å². The van der Waals surface area contributed by atoms with Crippen molar-refractivity contribution in [2.75, 3.05) is 13.6 Å². The van der Waals surface area contributed by atoms with Gasteiger partial charge in [0.2, 0.25) is 5.91 Å². The van der Waals surface area contributed by atoms with Gasteiger partial charge in [0, 0.05) is 13.6 Å². The number of likely N-dealkylation sites (tertiary alicyclic amines) is 1. The minimum atomic E-state index is 0.0781. The van der Waals surface area contributed by atoms with E-state index in [0.717, 1.165) is 13.0 Å². The lowest BCUT2D eigenvalue weighted by molar-refractivity contribution is -0.131. The van der Waals surface area contributed by atoms with E-state index in [1.54, 1.807) is 0 Å². The molecule has 2 rings (SSSR count). The third kappa shape index (κ3) is 0.443. The normalized spacial score (nSPS) is 47.6. The third-order valence-corrected chi connectivity index (χ3v) is 2.74. The van der Waals surface area contributed by atoms with E-state index in [-0.39, 0.29) is 5.41 Å². The highest BCUT2D eigenvalue weighted by Crippen LogP contribution is 2.57. The quantitative estimate of drug-likeness (QED) is 0.461. The van der Waals surface area contributed by atoms with Gasteiger partial charge in [-0.2, -0.15) is 0 Å². The third-order valence-electron chi connectivity index (χ3n) is 2.74. The van der Waals surface area contributed by atoms with Gasteiger partial charge in [0.25, 0.3) is 0 Å². The summed E-state index contributed by atoms with van der Waals surface area (Å²) in [6, 6.07) is 0. The van der Waals surface area contributed by atoms with Crippen LogP contribution in [0.3, 0.4) is 0 Å². The molecule has 1 saturated carbocycles. The van der Waals surface area contributed by atoms with Crippen LogP contribution >= 0.6 is 0 Å². The molecule has 0 bridgehead atoms. The molecule has 1 amide bonds. The number of hydrogen-bond donors (Lipinski definition) is 0. The number of hydrogen-bond acceptors (Lipinski definition) is 1. The van der Waals surface area contributed by atoms with Crippen molar-refractivity contribution in [2.45, 2.75) is 13.3 Å². The molecule has 1 heterocycles. The van der Waals surface area contributed by atoms with Crippen molar-refractivity contribution in [2.24, 2.45) is 11.3 Å². The molecule has 2 heteroatoms. The molecule has 0 N–H and O–H groups in total. The summed E-state index contributed by atoms with van der Waals surface area (Å²) in [5.74, 6) is 1.04. The molecular weight excluding hydrogens is 114 g/mol. The molecule has 0 aromatic carbocycles. The van der Waals surface area contributed by atoms with Crippen LogP contribution in [0.15, 0.2) is 0 Å². The zero-order valence-electron chi connectivity index (χ0n) is 5.85. The number of nitrogens with zero attached hydrogens (tertiary/aromatic N) is 1. The number of piperidine rings is 1. The molecule has 1 aliphatic carbocycles. The smallest absolute Gasteiger partial charge is 0.228 e. The van der Waals surface area contributed by atoms with E-state index in [9.17, 15) is 4.79 Å². The summed E-state index contributed by atoms with van der Waals surface area (Å²) in [4.78, 5) is 13.0. The summed E-state index contributed by atoms with van der Waals surface area (Å²) < 4.78 is 0. The van der Waals surface area contributed by atoms with Crippen LogP contribution in [0.1, 0.15) is 13.3 Å². The van der Waals surface area contributed by atoms with Crippen LogP contribution < -0.4 is 0 Å². The summed E-state index contributed by atoms with van der Waals surface area (Å²) in [6.07, 6.45) is 1.14. The monoisotopic (exact) mass is 125 g/mol. The van der Waals surface area contributed by atoms with Gasteiger partial charge in [0.05, 0.1) is 5.41 Å². The maximum absolute atomic E-state index is 11.2. The Morgan fingerprint density at radius 3 is 2.67 bits per heavy atom. The minimum absolute atomic E-state index is 0.0781. The standard InChI is InChI=1S/C7H11NO/c1-7-3-5(7)4-8(2)6(7)9/h5H,3-4H2,1-2H3. The lowest BCUT2D eigenvalue weighted by Gasteiger charge is -2.11. The van der Waals surface area contributed by atoms with E-state index in [4.69, 9.17) is 0 Å². The highest BCUT2D eigenvalue weighted by molar-refractivity contribution is 5.88. The van der Waals surface area contributed by atoms with Crippen LogP contribution in [0.2, 0.25) is 0 Å². The van der Waals surface area contributed by atoms with Gasteiger partial charge in [-0.25, -0.2) is 0 Å². The van der Waals surface area contributed by atoms with Crippen LogP contribution in [-0.4, -0.2) is 24.4 Å². The fourth-order valence-electron chi connectivity index (χ4n) is 1.83. The van der Waals surface area contributed by atoms with Gasteiger partial charge < -0.3 is 4.90 Å². The second kappa shape index (κ2) is 1.15. The van der Waals surface area contributed by atoms with Crippen LogP contribution in [-0.2, 0) is 4.79 Å². The number of carbonyl (C=O) groups is 1. The van der Waals surface area contributed by atoms with E-state index >= 15 is 0 Å². The first-order valence-corrected chi connectivity index (χ1v) is 3.40. The molecule has 0 radical (unpaired) electrons. The summed E-state index contributed by atoms with van der Waals surface area (Å²) in [5, 5.41) is 0. The van der Waals surface area contributed by atoms with Crippen LogP contribution in [0.25, 0.3) is 0 Å². The van der Waals surface area contributed by atoms with E-state index in [1.165, 1.54) is 0 Å². The number of fused-ring (bicyclic) bond motifs is 1. The molecule has 9 heavy (non-hydrogen) atoms. The summed E-state index contributed by atoms with van der Waals surface area (Å²) >= 11 is 0. The number of carbonyl (C=O) groups excluding carboxylic acids is 1. The first kappa shape index (κ1) is 5.27. The Hall–Kier alpha value is -0.530. The van der Waals surface area contributed by atoms with E-state index in [1.807, 2.05) is 11.9 Å². The summed E-state index contributed by atoms with van der Waals surface area (Å²) in [7, 11) is 1.89. The largest absolute Gasteiger partial charge is 0.345 e. The van der Waals surface area contributed by atoms with Crippen LogP contribution in [0.5, 0.6) is 0 Å². The lowest BCUT2D eigenvalue weighted by Crippen LogP contribution is -2.26. The molecule has 1 saturated heterocycles. The SMILES string of the molecule is CN1CC2CC2(C)C1=O. The molecule has 2 unspecified atom stereocenters. The molecule has 0 aromatic rings. The fraction of sp³-hybridized carbons (Fsp3) is 0.857. The predicted octanol–water partition coefficient (Wildman–Crippen LogP) is 0.485. The second-order valence-corrected chi connectivity index (χ2v) is 3.50. The van der Waals surface area contributed by atoms with Crippen molar-refractivity contribution >= 4 is 5.91 Å². The molecule has 2 nitrogen and oxygen atoms in total. The Morgan fingerprint density at radius 2 is 2.44 bits per heavy atom. The van der Waals surface area contributed by atoms with Gasteiger partial charge in [-0.1, -0.05) is 6.92 Å². The van der Waals surface area contributed by atoms with E-state index in [0.29, 0.717) is 11.8 Å². The van der Waals surface area contributed by atoms with Crippen molar-refractivity contribution in [3.8, 4) is 0 Å². The van der Waals surface area contributed by atoms with Gasteiger partial charge in [-0.3, -0.25) is 4.79 Å². The van der Waals surface area contributed by atoms with E-state index in [2.05, 4.69) is 6.92 Å². The Balaban J connectivity index is 2.28. The lowest BCUT2D eigenvalue weighted by atomic mass is 10.1. The van der Waals surface area contributed by atoms with Crippen molar-refractivity contribution in [1.29, 1.82) is 0 Å². The van der Waals surface area contributed by atoms with Crippen LogP contribution in [0.4, 0.5) is 0 Å². The van der Waals surface area contributed by atoms with Crippen molar-refractivity contribution in [3.05, 3.63) is 0 Å². The molecular formula is C7H11NO. The van der Waals surface area contributed by atoms with Crippen molar-refractivity contribution < 1.29 is 4.79 Å². The first-order valence-electron chi connectivity index (χ1n) is 3.40. The van der Waals surface area contributed by atoms with E-state index < -0.39 is 0 Å². The molecule has 2 atom stereocenters.